The summed E-state index contributed by atoms with van der Waals surface area (Å²) in [6.07, 6.45) is 4.84. The van der Waals surface area contributed by atoms with Crippen LogP contribution in [-0.2, 0) is 11.3 Å². The zero-order valence-electron chi connectivity index (χ0n) is 12.5. The zero-order chi connectivity index (χ0) is 14.8. The highest BCUT2D eigenvalue weighted by atomic mass is 32.1. The maximum atomic E-state index is 5.70. The largest absolute Gasteiger partial charge is 0.454 e. The van der Waals surface area contributed by atoms with E-state index in [1.165, 1.54) is 19.3 Å². The quantitative estimate of drug-likeness (QED) is 0.487. The minimum absolute atomic E-state index is 0.322. The van der Waals surface area contributed by atoms with E-state index in [2.05, 4.69) is 17.9 Å². The summed E-state index contributed by atoms with van der Waals surface area (Å²) >= 11 is 4.16. The van der Waals surface area contributed by atoms with Gasteiger partial charge in [-0.25, -0.2) is 0 Å². The van der Waals surface area contributed by atoms with Gasteiger partial charge in [0.05, 0.1) is 6.61 Å². The lowest BCUT2D eigenvalue weighted by atomic mass is 10.2. The highest BCUT2D eigenvalue weighted by Gasteiger charge is 2.12. The lowest BCUT2D eigenvalue weighted by Crippen LogP contribution is -2.17. The van der Waals surface area contributed by atoms with Crippen LogP contribution in [-0.4, -0.2) is 32.2 Å². The highest BCUT2D eigenvalue weighted by molar-refractivity contribution is 7.80. The van der Waals surface area contributed by atoms with Gasteiger partial charge < -0.3 is 19.5 Å². The number of benzene rings is 1. The maximum absolute atomic E-state index is 5.70. The summed E-state index contributed by atoms with van der Waals surface area (Å²) in [5, 5.41) is 3.35. The molecular formula is C16H25NO3S. The number of rotatable bonds is 11. The molecule has 0 unspecified atom stereocenters. The second-order valence-corrected chi connectivity index (χ2v) is 5.58. The number of ether oxygens (including phenoxy) is 3. The van der Waals surface area contributed by atoms with Crippen LogP contribution in [0.1, 0.15) is 31.2 Å². The van der Waals surface area contributed by atoms with Gasteiger partial charge in [0.1, 0.15) is 0 Å². The molecule has 0 amide bonds. The van der Waals surface area contributed by atoms with Crippen molar-refractivity contribution in [2.45, 2.75) is 32.3 Å². The first-order chi connectivity index (χ1) is 10.4. The maximum Gasteiger partial charge on any atom is 0.231 e. The van der Waals surface area contributed by atoms with Crippen molar-refractivity contribution in [2.24, 2.45) is 0 Å². The van der Waals surface area contributed by atoms with Crippen LogP contribution in [0, 0.1) is 0 Å². The average Bonchev–Trinajstić information content (AvgIpc) is 2.97. The molecule has 0 atom stereocenters. The number of hydrogen-bond donors (Lipinski definition) is 2. The normalized spacial score (nSPS) is 12.8. The minimum atomic E-state index is 0.322. The van der Waals surface area contributed by atoms with E-state index in [1.807, 2.05) is 18.2 Å². The molecule has 4 nitrogen and oxygen atoms in total. The molecule has 1 N–H and O–H groups in total. The van der Waals surface area contributed by atoms with Crippen LogP contribution in [0.3, 0.4) is 0 Å². The molecule has 1 aliphatic heterocycles. The fourth-order valence-corrected chi connectivity index (χ4v) is 2.39. The van der Waals surface area contributed by atoms with Gasteiger partial charge in [0, 0.05) is 18.9 Å². The minimum Gasteiger partial charge on any atom is -0.454 e. The van der Waals surface area contributed by atoms with Crippen molar-refractivity contribution in [3.63, 3.8) is 0 Å². The Bertz CT molecular complexity index is 415. The van der Waals surface area contributed by atoms with Gasteiger partial charge in [-0.1, -0.05) is 18.9 Å². The van der Waals surface area contributed by atoms with E-state index >= 15 is 0 Å². The molecule has 0 saturated heterocycles. The van der Waals surface area contributed by atoms with Gasteiger partial charge in [0.15, 0.2) is 11.5 Å². The second-order valence-electron chi connectivity index (χ2n) is 5.13. The van der Waals surface area contributed by atoms with E-state index in [9.17, 15) is 0 Å². The molecule has 0 saturated carbocycles. The summed E-state index contributed by atoms with van der Waals surface area (Å²) < 4.78 is 16.3. The highest BCUT2D eigenvalue weighted by Crippen LogP contribution is 2.32. The first-order valence-corrected chi connectivity index (χ1v) is 8.31. The molecule has 1 aromatic rings. The Balaban J connectivity index is 1.47. The lowest BCUT2D eigenvalue weighted by molar-refractivity contribution is 0.116. The molecule has 0 radical (unpaired) electrons. The van der Waals surface area contributed by atoms with Gasteiger partial charge in [-0.15, -0.1) is 0 Å². The number of nitrogens with one attached hydrogen (secondary N) is 1. The van der Waals surface area contributed by atoms with Gasteiger partial charge in [-0.3, -0.25) is 0 Å². The molecule has 1 aromatic carbocycles. The third-order valence-corrected chi connectivity index (χ3v) is 3.61. The van der Waals surface area contributed by atoms with Crippen LogP contribution in [0.15, 0.2) is 18.2 Å². The molecule has 0 spiro atoms. The topological polar surface area (TPSA) is 39.7 Å². The Labute approximate surface area is 132 Å². The number of hydrogen-bond acceptors (Lipinski definition) is 5. The molecule has 118 valence electrons. The Morgan fingerprint density at radius 2 is 1.90 bits per heavy atom. The second kappa shape index (κ2) is 9.92. The molecule has 1 heterocycles. The smallest absolute Gasteiger partial charge is 0.231 e. The molecule has 1 aliphatic rings. The van der Waals surface area contributed by atoms with Gasteiger partial charge in [0.2, 0.25) is 6.79 Å². The van der Waals surface area contributed by atoms with Gasteiger partial charge >= 0.3 is 0 Å². The molecule has 0 fully saturated rings. The Kier molecular flexibility index (Phi) is 7.78. The van der Waals surface area contributed by atoms with Crippen molar-refractivity contribution < 1.29 is 14.2 Å². The van der Waals surface area contributed by atoms with Crippen LogP contribution >= 0.6 is 12.6 Å². The Morgan fingerprint density at radius 1 is 1.05 bits per heavy atom. The van der Waals surface area contributed by atoms with Crippen LogP contribution in [0.25, 0.3) is 0 Å². The number of thiol groups is 1. The zero-order valence-corrected chi connectivity index (χ0v) is 13.4. The SMILES string of the molecule is SCCNCCCCCCOCc1ccc2c(c1)OCO2. The van der Waals surface area contributed by atoms with Crippen LogP contribution in [0.5, 0.6) is 11.5 Å². The predicted octanol–water partition coefficient (Wildman–Crippen LogP) is 3.01. The summed E-state index contributed by atoms with van der Waals surface area (Å²) in [4.78, 5) is 0. The molecular weight excluding hydrogens is 286 g/mol. The third-order valence-electron chi connectivity index (χ3n) is 3.39. The van der Waals surface area contributed by atoms with E-state index in [1.54, 1.807) is 0 Å². The van der Waals surface area contributed by atoms with Crippen molar-refractivity contribution in [3.8, 4) is 11.5 Å². The fourth-order valence-electron chi connectivity index (χ4n) is 2.23. The Hall–Kier alpha value is -0.910. The van der Waals surface area contributed by atoms with E-state index < -0.39 is 0 Å². The van der Waals surface area contributed by atoms with Gasteiger partial charge in [-0.05, 0) is 37.1 Å². The summed E-state index contributed by atoms with van der Waals surface area (Å²) in [7, 11) is 0. The van der Waals surface area contributed by atoms with E-state index in [0.717, 1.165) is 48.9 Å². The van der Waals surface area contributed by atoms with E-state index in [-0.39, 0.29) is 0 Å². The molecule has 0 bridgehead atoms. The van der Waals surface area contributed by atoms with E-state index in [0.29, 0.717) is 13.4 Å². The molecule has 21 heavy (non-hydrogen) atoms. The third kappa shape index (κ3) is 6.16. The Morgan fingerprint density at radius 3 is 2.81 bits per heavy atom. The predicted molar refractivity (Wildman–Crippen MR) is 87.4 cm³/mol. The molecule has 5 heteroatoms. The van der Waals surface area contributed by atoms with Crippen molar-refractivity contribution >= 4 is 12.6 Å². The summed E-state index contributed by atoms with van der Waals surface area (Å²) in [6, 6.07) is 5.97. The van der Waals surface area contributed by atoms with Crippen LogP contribution in [0.4, 0.5) is 0 Å². The lowest BCUT2D eigenvalue weighted by Gasteiger charge is -2.06. The van der Waals surface area contributed by atoms with Crippen molar-refractivity contribution in [2.75, 3.05) is 32.2 Å². The standard InChI is InChI=1S/C16H25NO3S/c21-10-8-17-7-3-1-2-4-9-18-12-14-5-6-15-16(11-14)20-13-19-15/h5-6,11,17,21H,1-4,7-10,12-13H2. The first-order valence-electron chi connectivity index (χ1n) is 7.68. The monoisotopic (exact) mass is 311 g/mol. The van der Waals surface area contributed by atoms with Crippen molar-refractivity contribution in [1.82, 2.24) is 5.32 Å². The van der Waals surface area contributed by atoms with Crippen LogP contribution in [0.2, 0.25) is 0 Å². The van der Waals surface area contributed by atoms with Crippen LogP contribution < -0.4 is 14.8 Å². The fraction of sp³-hybridized carbons (Fsp3) is 0.625. The summed E-state index contributed by atoms with van der Waals surface area (Å²) in [5.74, 6) is 2.56. The molecule has 0 aromatic heterocycles. The van der Waals surface area contributed by atoms with Crippen molar-refractivity contribution in [1.29, 1.82) is 0 Å². The van der Waals surface area contributed by atoms with Gasteiger partial charge in [0.25, 0.3) is 0 Å². The number of fused-ring (bicyclic) bond motifs is 1. The van der Waals surface area contributed by atoms with Crippen molar-refractivity contribution in [3.05, 3.63) is 23.8 Å². The summed E-state index contributed by atoms with van der Waals surface area (Å²) in [6.45, 7) is 3.88. The number of unbranched alkanes of at least 4 members (excludes halogenated alkanes) is 3. The average molecular weight is 311 g/mol. The first kappa shape index (κ1) is 16.5. The van der Waals surface area contributed by atoms with E-state index in [4.69, 9.17) is 14.2 Å². The van der Waals surface area contributed by atoms with Gasteiger partial charge in [-0.2, -0.15) is 12.6 Å². The molecule has 0 aliphatic carbocycles. The summed E-state index contributed by atoms with van der Waals surface area (Å²) in [5.41, 5.74) is 1.13. The molecule has 2 rings (SSSR count).